The fraction of sp³-hybridized carbons (Fsp3) is 0.952. The largest absolute Gasteiger partial charge is 0.390 e. The highest BCUT2D eigenvalue weighted by molar-refractivity contribution is 9.11. The molecule has 0 heterocycles. The highest BCUT2D eigenvalue weighted by atomic mass is 79.9. The molecular weight excluding hydrogens is 397 g/mol. The molecule has 0 aliphatic heterocycles. The Morgan fingerprint density at radius 3 is 2.33 bits per heavy atom. The van der Waals surface area contributed by atoms with Crippen molar-refractivity contribution in [2.24, 2.45) is 35.0 Å². The molecule has 0 radical (unpaired) electrons. The van der Waals surface area contributed by atoms with E-state index in [1.807, 2.05) is 22.6 Å². The molecule has 0 bridgehead atoms. The van der Waals surface area contributed by atoms with Gasteiger partial charge in [0.05, 0.1) is 5.60 Å². The molecule has 4 saturated carbocycles. The molecule has 27 heavy (non-hydrogen) atoms. The lowest BCUT2D eigenvalue weighted by atomic mass is 9.40. The lowest BCUT2D eigenvalue weighted by molar-refractivity contribution is -0.129. The Morgan fingerprint density at radius 1 is 1.00 bits per heavy atom. The minimum absolute atomic E-state index is 0.156. The van der Waals surface area contributed by atoms with Crippen LogP contribution in [0.25, 0.3) is 0 Å². The first-order valence-corrected chi connectivity index (χ1v) is 12.1. The third-order valence-electron chi connectivity index (χ3n) is 9.88. The van der Waals surface area contributed by atoms with Crippen molar-refractivity contribution < 1.29 is 9.90 Å². The van der Waals surface area contributed by atoms with E-state index in [-0.39, 0.29) is 10.7 Å². The lowest BCUT2D eigenvalue weighted by Crippen LogP contribution is -2.54. The minimum atomic E-state index is -0.434. The summed E-state index contributed by atoms with van der Waals surface area (Å²) in [5.74, 6) is 4.33. The van der Waals surface area contributed by atoms with Crippen LogP contribution in [0, 0.1) is 35.0 Å². The summed E-state index contributed by atoms with van der Waals surface area (Å²) in [5.41, 5.74) is -0.278. The maximum Gasteiger partial charge on any atom is 0.132 e. The van der Waals surface area contributed by atoms with Crippen LogP contribution >= 0.6 is 15.9 Å². The number of aliphatic hydroxyl groups is 1. The minimum Gasteiger partial charge on any atom is -0.390 e. The summed E-state index contributed by atoms with van der Waals surface area (Å²) in [6, 6.07) is 0. The first-order valence-electron chi connectivity index (χ1n) is 11.4. The van der Waals surface area contributed by atoms with E-state index in [1.165, 1.54) is 38.5 Å². The predicted molar refractivity (Wildman–Crippen MR) is 123 cm³/mol. The van der Waals surface area contributed by atoms with Gasteiger partial charge in [-0.1, -0.05) is 22.9 Å². The summed E-state index contributed by atoms with van der Waals surface area (Å²) in [4.78, 5) is 13.4. The number of carbonyl (C=O) groups is 1. The van der Waals surface area contributed by atoms with Gasteiger partial charge >= 0.3 is 0 Å². The van der Waals surface area contributed by atoms with Crippen LogP contribution in [-0.2, 0) is 4.79 Å². The molecule has 0 aromatic rings. The van der Waals surface area contributed by atoms with Gasteiger partial charge in [0.2, 0.25) is 0 Å². The molecule has 0 spiro atoms. The molecule has 4 fully saturated rings. The van der Waals surface area contributed by atoms with Gasteiger partial charge in [0.25, 0.3) is 0 Å². The molecule has 4 rings (SSSR count). The predicted octanol–water partition coefficient (Wildman–Crippen LogP) is 2.07. The molecule has 0 aromatic heterocycles. The topological polar surface area (TPSA) is 37.3 Å². The van der Waals surface area contributed by atoms with Gasteiger partial charge in [0, 0.05) is 9.44 Å². The molecule has 1 N–H and O–H groups in total. The number of ketones is 1. The van der Waals surface area contributed by atoms with Gasteiger partial charge in [-0.2, -0.15) is 0 Å². The third kappa shape index (κ3) is 3.06. The summed E-state index contributed by atoms with van der Waals surface area (Å²) in [5, 5.41) is 10.4. The van der Waals surface area contributed by atoms with E-state index in [9.17, 15) is 9.90 Å². The molecule has 4 aliphatic carbocycles. The normalized spacial score (nSPS) is 52.5. The van der Waals surface area contributed by atoms with Crippen molar-refractivity contribution in [2.45, 2.75) is 86.7 Å². The quantitative estimate of drug-likeness (QED) is 0.536. The fourth-order valence-corrected chi connectivity index (χ4v) is 8.82. The first kappa shape index (κ1) is 20.6. The van der Waals surface area contributed by atoms with Crippen molar-refractivity contribution in [3.63, 3.8) is 0 Å². The SMILES string of the molecule is BC(B)(Br)C(=O)[C@@]1(B)CC[C@H]2[C@@H]3CC[C@@H]4C[C@](C)(O)CC[C@@H]4[C@H]3CC[C@@]21C. The number of alkyl halides is 1. The molecule has 0 aromatic carbocycles. The molecule has 0 saturated heterocycles. The van der Waals surface area contributed by atoms with E-state index in [0.29, 0.717) is 11.7 Å². The Hall–Kier alpha value is 0.305. The molecule has 8 atom stereocenters. The fourth-order valence-electron chi connectivity index (χ4n) is 8.38. The van der Waals surface area contributed by atoms with Crippen molar-refractivity contribution in [1.29, 1.82) is 0 Å². The highest BCUT2D eigenvalue weighted by Crippen LogP contribution is 2.71. The van der Waals surface area contributed by atoms with Gasteiger partial charge in [-0.15, -0.1) is 0 Å². The van der Waals surface area contributed by atoms with Crippen molar-refractivity contribution in [1.82, 2.24) is 0 Å². The number of hydrogen-bond acceptors (Lipinski definition) is 2. The van der Waals surface area contributed by atoms with E-state index in [4.69, 9.17) is 0 Å². The third-order valence-corrected chi connectivity index (χ3v) is 10.2. The number of fused-ring (bicyclic) bond motifs is 5. The number of Topliss-reactive ketones (excluding diaryl/α,β-unsaturated/α-hetero) is 1. The van der Waals surface area contributed by atoms with Crippen LogP contribution in [0.4, 0.5) is 0 Å². The molecular formula is C21H36B3BrO2. The average molecular weight is 433 g/mol. The molecule has 148 valence electrons. The Kier molecular flexibility index (Phi) is 4.88. The monoisotopic (exact) mass is 432 g/mol. The molecule has 2 nitrogen and oxygen atoms in total. The standard InChI is InChI=1S/C21H36B3BrO2/c1-18(27)8-5-13-12(11-18)3-4-15-14(13)6-9-19(2)16(15)7-10-20(19,22)17(26)21(23,24)25/h12-16,27H,3-11,22-24H2,1-2H3/t12-,13+,14-,15-,16+,18-,19+,20+/m1/s1. The summed E-state index contributed by atoms with van der Waals surface area (Å²) < 4.78 is -0.427. The van der Waals surface area contributed by atoms with Crippen LogP contribution in [0.15, 0.2) is 0 Å². The zero-order valence-corrected chi connectivity index (χ0v) is 19.6. The number of rotatable bonds is 2. The van der Waals surface area contributed by atoms with Crippen LogP contribution < -0.4 is 0 Å². The Bertz CT molecular complexity index is 633. The average Bonchev–Trinajstić information content (AvgIpc) is 2.84. The Morgan fingerprint density at radius 2 is 1.67 bits per heavy atom. The summed E-state index contributed by atoms with van der Waals surface area (Å²) in [7, 11) is 6.34. The number of halogens is 1. The van der Waals surface area contributed by atoms with Crippen LogP contribution in [0.3, 0.4) is 0 Å². The van der Waals surface area contributed by atoms with E-state index < -0.39 is 9.72 Å². The molecule has 0 unspecified atom stereocenters. The Labute approximate surface area is 176 Å². The zero-order chi connectivity index (χ0) is 19.8. The van der Waals surface area contributed by atoms with Crippen molar-refractivity contribution in [3.8, 4) is 0 Å². The summed E-state index contributed by atoms with van der Waals surface area (Å²) >= 11 is 3.68. The van der Waals surface area contributed by atoms with Gasteiger partial charge < -0.3 is 5.11 Å². The molecule has 6 heteroatoms. The first-order chi connectivity index (χ1) is 12.4. The summed E-state index contributed by atoms with van der Waals surface area (Å²) in [6.45, 7) is 4.50. The van der Waals surface area contributed by atoms with Crippen LogP contribution in [-0.4, -0.2) is 44.2 Å². The van der Waals surface area contributed by atoms with Crippen LogP contribution in [0.5, 0.6) is 0 Å². The van der Waals surface area contributed by atoms with Gasteiger partial charge in [-0.3, -0.25) is 4.79 Å². The summed E-state index contributed by atoms with van der Waals surface area (Å²) in [6.07, 6.45) is 10.6. The van der Waals surface area contributed by atoms with Gasteiger partial charge in [0.15, 0.2) is 0 Å². The van der Waals surface area contributed by atoms with Crippen molar-refractivity contribution >= 4 is 45.3 Å². The number of carbonyl (C=O) groups excluding carboxylic acids is 1. The second-order valence-electron chi connectivity index (χ2n) is 11.8. The van der Waals surface area contributed by atoms with E-state index in [2.05, 4.69) is 30.7 Å². The lowest BCUT2D eigenvalue weighted by Gasteiger charge is -2.58. The van der Waals surface area contributed by atoms with Crippen molar-refractivity contribution in [2.75, 3.05) is 0 Å². The second kappa shape index (κ2) is 6.40. The molecule has 4 aliphatic rings. The zero-order valence-electron chi connectivity index (χ0n) is 18.0. The highest BCUT2D eigenvalue weighted by Gasteiger charge is 2.64. The number of hydrogen-bond donors (Lipinski definition) is 1. The maximum atomic E-state index is 13.4. The van der Waals surface area contributed by atoms with Gasteiger partial charge in [-0.05, 0) is 99.7 Å². The van der Waals surface area contributed by atoms with Crippen molar-refractivity contribution in [3.05, 3.63) is 0 Å². The van der Waals surface area contributed by atoms with Gasteiger partial charge in [0.1, 0.15) is 29.3 Å². The van der Waals surface area contributed by atoms with Crippen LogP contribution in [0.2, 0.25) is 5.31 Å². The van der Waals surface area contributed by atoms with Gasteiger partial charge in [-0.25, -0.2) is 0 Å². The van der Waals surface area contributed by atoms with Crippen LogP contribution in [0.1, 0.15) is 71.6 Å². The maximum absolute atomic E-state index is 13.4. The smallest absolute Gasteiger partial charge is 0.132 e. The second-order valence-corrected chi connectivity index (χ2v) is 13.8. The van der Waals surface area contributed by atoms with E-state index >= 15 is 0 Å². The molecule has 0 amide bonds. The van der Waals surface area contributed by atoms with E-state index in [0.717, 1.165) is 42.9 Å². The van der Waals surface area contributed by atoms with E-state index in [1.54, 1.807) is 0 Å². The Balaban J connectivity index is 1.59.